The summed E-state index contributed by atoms with van der Waals surface area (Å²) in [4.78, 5) is 9.22. The standard InChI is InChI=1S/C23H26N4O3S/c1-2-30-21-9-11-22(12-10-21)31(28,29)25-19-8-13-23(24-18-19)27-16-14-26(15-17-27)20-6-4-3-5-7-20/h3-13,18,25H,2,14-17H2,1H3. The molecule has 1 aromatic heterocycles. The molecule has 3 aromatic rings. The maximum Gasteiger partial charge on any atom is 0.261 e. The number of sulfonamides is 1. The molecule has 8 heteroatoms. The lowest BCUT2D eigenvalue weighted by molar-refractivity contribution is 0.340. The minimum Gasteiger partial charge on any atom is -0.494 e. The van der Waals surface area contributed by atoms with E-state index < -0.39 is 10.0 Å². The first-order valence-corrected chi connectivity index (χ1v) is 11.8. The summed E-state index contributed by atoms with van der Waals surface area (Å²) in [5.74, 6) is 1.48. The average molecular weight is 439 g/mol. The Labute approximate surface area is 183 Å². The van der Waals surface area contributed by atoms with Gasteiger partial charge in [-0.05, 0) is 55.5 Å². The average Bonchev–Trinajstić information content (AvgIpc) is 2.81. The van der Waals surface area contributed by atoms with Crippen molar-refractivity contribution in [3.63, 3.8) is 0 Å². The zero-order valence-electron chi connectivity index (χ0n) is 17.4. The predicted molar refractivity (Wildman–Crippen MR) is 124 cm³/mol. The smallest absolute Gasteiger partial charge is 0.261 e. The number of ether oxygens (including phenoxy) is 1. The SMILES string of the molecule is CCOc1ccc(S(=O)(=O)Nc2ccc(N3CCN(c4ccccc4)CC3)nc2)cc1. The van der Waals surface area contributed by atoms with E-state index >= 15 is 0 Å². The lowest BCUT2D eigenvalue weighted by Crippen LogP contribution is -2.46. The first kappa shape index (κ1) is 21.0. The van der Waals surface area contributed by atoms with Gasteiger partial charge in [0.2, 0.25) is 0 Å². The highest BCUT2D eigenvalue weighted by Crippen LogP contribution is 2.22. The summed E-state index contributed by atoms with van der Waals surface area (Å²) < 4.78 is 33.2. The number of nitrogens with zero attached hydrogens (tertiary/aromatic N) is 3. The van der Waals surface area contributed by atoms with Crippen LogP contribution in [0.25, 0.3) is 0 Å². The Morgan fingerprint density at radius 2 is 1.58 bits per heavy atom. The van der Waals surface area contributed by atoms with Crippen molar-refractivity contribution in [2.45, 2.75) is 11.8 Å². The Kier molecular flexibility index (Phi) is 6.27. The normalized spacial score (nSPS) is 14.4. The van der Waals surface area contributed by atoms with Gasteiger partial charge in [-0.15, -0.1) is 0 Å². The summed E-state index contributed by atoms with van der Waals surface area (Å²) in [7, 11) is -3.69. The molecule has 0 radical (unpaired) electrons. The molecule has 0 atom stereocenters. The number of nitrogens with one attached hydrogen (secondary N) is 1. The molecule has 0 spiro atoms. The van der Waals surface area contributed by atoms with Crippen LogP contribution in [0.4, 0.5) is 17.2 Å². The van der Waals surface area contributed by atoms with Crippen LogP contribution in [0.2, 0.25) is 0 Å². The van der Waals surface area contributed by atoms with E-state index in [2.05, 4.69) is 43.8 Å². The first-order chi connectivity index (χ1) is 15.0. The topological polar surface area (TPSA) is 74.8 Å². The van der Waals surface area contributed by atoms with Crippen molar-refractivity contribution in [3.8, 4) is 5.75 Å². The molecule has 1 fully saturated rings. The van der Waals surface area contributed by atoms with Crippen molar-refractivity contribution in [1.82, 2.24) is 4.98 Å². The van der Waals surface area contributed by atoms with E-state index in [4.69, 9.17) is 4.74 Å². The molecule has 2 heterocycles. The van der Waals surface area contributed by atoms with Crippen molar-refractivity contribution in [2.24, 2.45) is 0 Å². The maximum absolute atomic E-state index is 12.6. The summed E-state index contributed by atoms with van der Waals surface area (Å²) in [5, 5.41) is 0. The molecule has 0 saturated carbocycles. The van der Waals surface area contributed by atoms with Crippen LogP contribution in [0.15, 0.2) is 77.8 Å². The van der Waals surface area contributed by atoms with Crippen LogP contribution in [0, 0.1) is 0 Å². The Morgan fingerprint density at radius 3 is 2.19 bits per heavy atom. The predicted octanol–water partition coefficient (Wildman–Crippen LogP) is 3.61. The molecule has 1 aliphatic heterocycles. The minimum absolute atomic E-state index is 0.178. The third kappa shape index (κ3) is 5.08. The van der Waals surface area contributed by atoms with E-state index in [1.165, 1.54) is 17.8 Å². The van der Waals surface area contributed by atoms with Gasteiger partial charge in [-0.25, -0.2) is 13.4 Å². The first-order valence-electron chi connectivity index (χ1n) is 10.3. The van der Waals surface area contributed by atoms with Crippen molar-refractivity contribution >= 4 is 27.2 Å². The molecule has 4 rings (SSSR count). The Hall–Kier alpha value is -3.26. The number of rotatable bonds is 7. The second-order valence-electron chi connectivity index (χ2n) is 7.22. The summed E-state index contributed by atoms with van der Waals surface area (Å²) in [6.45, 7) is 5.96. The van der Waals surface area contributed by atoms with Gasteiger partial charge in [-0.3, -0.25) is 4.72 Å². The van der Waals surface area contributed by atoms with Crippen molar-refractivity contribution in [1.29, 1.82) is 0 Å². The van der Waals surface area contributed by atoms with Gasteiger partial charge in [-0.1, -0.05) is 18.2 Å². The van der Waals surface area contributed by atoms with E-state index in [0.717, 1.165) is 32.0 Å². The molecule has 31 heavy (non-hydrogen) atoms. The second kappa shape index (κ2) is 9.26. The number of hydrogen-bond acceptors (Lipinski definition) is 6. The molecule has 0 amide bonds. The van der Waals surface area contributed by atoms with Crippen LogP contribution in [0.3, 0.4) is 0 Å². The van der Waals surface area contributed by atoms with Gasteiger partial charge < -0.3 is 14.5 Å². The van der Waals surface area contributed by atoms with Crippen LogP contribution in [-0.4, -0.2) is 46.2 Å². The zero-order chi connectivity index (χ0) is 21.7. The maximum atomic E-state index is 12.6. The lowest BCUT2D eigenvalue weighted by Gasteiger charge is -2.36. The molecule has 162 valence electrons. The number of para-hydroxylation sites is 1. The number of anilines is 3. The molecule has 0 unspecified atom stereocenters. The van der Waals surface area contributed by atoms with E-state index in [1.54, 1.807) is 24.4 Å². The molecule has 7 nitrogen and oxygen atoms in total. The fourth-order valence-corrected chi connectivity index (χ4v) is 4.61. The lowest BCUT2D eigenvalue weighted by atomic mass is 10.2. The summed E-state index contributed by atoms with van der Waals surface area (Å²) in [5.41, 5.74) is 1.66. The van der Waals surface area contributed by atoms with Crippen LogP contribution in [0.5, 0.6) is 5.75 Å². The van der Waals surface area contributed by atoms with Gasteiger partial charge in [0, 0.05) is 31.9 Å². The summed E-state index contributed by atoms with van der Waals surface area (Å²) >= 11 is 0. The van der Waals surface area contributed by atoms with Crippen LogP contribution in [0.1, 0.15) is 6.92 Å². The van der Waals surface area contributed by atoms with Gasteiger partial charge in [0.1, 0.15) is 11.6 Å². The van der Waals surface area contributed by atoms with Gasteiger partial charge >= 0.3 is 0 Å². The zero-order valence-corrected chi connectivity index (χ0v) is 18.3. The molecule has 2 aromatic carbocycles. The van der Waals surface area contributed by atoms with Crippen molar-refractivity contribution < 1.29 is 13.2 Å². The quantitative estimate of drug-likeness (QED) is 0.608. The van der Waals surface area contributed by atoms with E-state index in [0.29, 0.717) is 18.0 Å². The second-order valence-corrected chi connectivity index (χ2v) is 8.91. The number of hydrogen-bond donors (Lipinski definition) is 1. The number of piperazine rings is 1. The Bertz CT molecular complexity index is 1080. The largest absolute Gasteiger partial charge is 0.494 e. The van der Waals surface area contributed by atoms with Gasteiger partial charge in [0.05, 0.1) is 23.4 Å². The third-order valence-electron chi connectivity index (χ3n) is 5.17. The Balaban J connectivity index is 1.37. The van der Waals surface area contributed by atoms with Gasteiger partial charge in [0.25, 0.3) is 10.0 Å². The molecule has 0 aliphatic carbocycles. The highest BCUT2D eigenvalue weighted by molar-refractivity contribution is 7.92. The highest BCUT2D eigenvalue weighted by atomic mass is 32.2. The molecule has 1 N–H and O–H groups in total. The van der Waals surface area contributed by atoms with E-state index in [1.807, 2.05) is 19.1 Å². The number of benzene rings is 2. The molecule has 0 bridgehead atoms. The fourth-order valence-electron chi connectivity index (χ4n) is 3.56. The van der Waals surface area contributed by atoms with Crippen LogP contribution < -0.4 is 19.3 Å². The molecular formula is C23H26N4O3S. The number of aromatic nitrogens is 1. The van der Waals surface area contributed by atoms with Crippen molar-refractivity contribution in [2.75, 3.05) is 47.3 Å². The molecular weight excluding hydrogens is 412 g/mol. The highest BCUT2D eigenvalue weighted by Gasteiger charge is 2.19. The Morgan fingerprint density at radius 1 is 0.903 bits per heavy atom. The van der Waals surface area contributed by atoms with E-state index in [9.17, 15) is 8.42 Å². The summed E-state index contributed by atoms with van der Waals surface area (Å²) in [6, 6.07) is 20.3. The number of pyridine rings is 1. The monoisotopic (exact) mass is 438 g/mol. The third-order valence-corrected chi connectivity index (χ3v) is 6.57. The van der Waals surface area contributed by atoms with Gasteiger partial charge in [-0.2, -0.15) is 0 Å². The van der Waals surface area contributed by atoms with Gasteiger partial charge in [0.15, 0.2) is 0 Å². The summed E-state index contributed by atoms with van der Waals surface area (Å²) in [6.07, 6.45) is 1.56. The van der Waals surface area contributed by atoms with E-state index in [-0.39, 0.29) is 4.90 Å². The van der Waals surface area contributed by atoms with Crippen LogP contribution in [-0.2, 0) is 10.0 Å². The molecule has 1 saturated heterocycles. The van der Waals surface area contributed by atoms with Crippen LogP contribution >= 0.6 is 0 Å². The molecule has 1 aliphatic rings. The fraction of sp³-hybridized carbons (Fsp3) is 0.261. The minimum atomic E-state index is -3.69. The van der Waals surface area contributed by atoms with Crippen molar-refractivity contribution in [3.05, 3.63) is 72.9 Å².